The lowest BCUT2D eigenvalue weighted by Crippen LogP contribution is -2.43. The summed E-state index contributed by atoms with van der Waals surface area (Å²) in [5.41, 5.74) is 1.20. The average Bonchev–Trinajstić information content (AvgIpc) is 2.82. The number of rotatable bonds is 19. The van der Waals surface area contributed by atoms with Gasteiger partial charge in [0.1, 0.15) is 0 Å². The fraction of sp³-hybridized carbons (Fsp3) is 0.750. The van der Waals surface area contributed by atoms with Gasteiger partial charge >= 0.3 is 0 Å². The summed E-state index contributed by atoms with van der Waals surface area (Å²) in [4.78, 5) is 0. The Hall–Kier alpha value is -1.08. The van der Waals surface area contributed by atoms with E-state index in [2.05, 4.69) is 76.9 Å². The van der Waals surface area contributed by atoms with Crippen LogP contribution in [0.5, 0.6) is 0 Å². The van der Waals surface area contributed by atoms with Crippen molar-refractivity contribution in [2.24, 2.45) is 0 Å². The Morgan fingerprint density at radius 2 is 1.31 bits per heavy atom. The largest absolute Gasteiger partial charge is 0.414 e. The molecule has 1 aromatic carbocycles. The topological polar surface area (TPSA) is 18.5 Å². The van der Waals surface area contributed by atoms with E-state index < -0.39 is 8.32 Å². The first kappa shape index (κ1) is 31.9. The Labute approximate surface area is 220 Å². The smallest absolute Gasteiger partial charge is 0.192 e. The van der Waals surface area contributed by atoms with Crippen LogP contribution in [-0.2, 0) is 15.8 Å². The predicted octanol–water partition coefficient (Wildman–Crippen LogP) is 10.1. The summed E-state index contributed by atoms with van der Waals surface area (Å²) >= 11 is 0. The molecule has 0 unspecified atom stereocenters. The molecule has 35 heavy (non-hydrogen) atoms. The van der Waals surface area contributed by atoms with Crippen molar-refractivity contribution < 1.29 is 9.16 Å². The van der Waals surface area contributed by atoms with Crippen LogP contribution in [0.25, 0.3) is 0 Å². The first-order valence-electron chi connectivity index (χ1n) is 14.5. The van der Waals surface area contributed by atoms with Crippen molar-refractivity contribution in [1.82, 2.24) is 0 Å². The van der Waals surface area contributed by atoms with Crippen LogP contribution in [-0.4, -0.2) is 21.0 Å². The van der Waals surface area contributed by atoms with Gasteiger partial charge in [-0.3, -0.25) is 0 Å². The highest BCUT2D eigenvalue weighted by atomic mass is 28.4. The molecule has 1 atom stereocenters. The van der Waals surface area contributed by atoms with Gasteiger partial charge in [-0.25, -0.2) is 0 Å². The van der Waals surface area contributed by atoms with Crippen LogP contribution >= 0.6 is 0 Å². The monoisotopic (exact) mass is 500 g/mol. The van der Waals surface area contributed by atoms with E-state index in [-0.39, 0.29) is 11.1 Å². The molecular formula is C32H56O2Si. The SMILES string of the molecule is CCCCCCCCCCCCCCC#CC[C@H](CO[Si](C)(C)C(C)(C)C)OCc1ccccc1. The zero-order valence-electron chi connectivity index (χ0n) is 24.1. The molecule has 200 valence electrons. The molecule has 0 fully saturated rings. The lowest BCUT2D eigenvalue weighted by molar-refractivity contribution is 0.00935. The van der Waals surface area contributed by atoms with E-state index in [0.29, 0.717) is 13.2 Å². The second-order valence-electron chi connectivity index (χ2n) is 11.7. The quantitative estimate of drug-likeness (QED) is 0.107. The van der Waals surface area contributed by atoms with Crippen molar-refractivity contribution >= 4 is 8.32 Å². The maximum atomic E-state index is 6.47. The van der Waals surface area contributed by atoms with Crippen molar-refractivity contribution in [3.8, 4) is 11.8 Å². The van der Waals surface area contributed by atoms with Gasteiger partial charge in [0.05, 0.1) is 19.3 Å². The van der Waals surface area contributed by atoms with E-state index in [1.54, 1.807) is 0 Å². The minimum atomic E-state index is -1.79. The number of hydrogen-bond acceptors (Lipinski definition) is 2. The summed E-state index contributed by atoms with van der Waals surface area (Å²) in [5, 5.41) is 0.206. The lowest BCUT2D eigenvalue weighted by atomic mass is 10.0. The van der Waals surface area contributed by atoms with Gasteiger partial charge in [0.25, 0.3) is 0 Å². The molecule has 3 heteroatoms. The Balaban J connectivity index is 2.26. The minimum Gasteiger partial charge on any atom is -0.414 e. The highest BCUT2D eigenvalue weighted by Gasteiger charge is 2.37. The second-order valence-corrected chi connectivity index (χ2v) is 16.5. The van der Waals surface area contributed by atoms with Crippen molar-refractivity contribution in [3.05, 3.63) is 35.9 Å². The summed E-state index contributed by atoms with van der Waals surface area (Å²) in [5.74, 6) is 6.80. The molecule has 0 aliphatic rings. The molecule has 0 aliphatic carbocycles. The average molecular weight is 501 g/mol. The van der Waals surface area contributed by atoms with Crippen molar-refractivity contribution in [1.29, 1.82) is 0 Å². The van der Waals surface area contributed by atoms with Crippen molar-refractivity contribution in [2.75, 3.05) is 6.61 Å². The van der Waals surface area contributed by atoms with E-state index >= 15 is 0 Å². The Morgan fingerprint density at radius 1 is 0.771 bits per heavy atom. The third-order valence-electron chi connectivity index (χ3n) is 7.37. The highest BCUT2D eigenvalue weighted by Crippen LogP contribution is 2.36. The van der Waals surface area contributed by atoms with E-state index in [4.69, 9.17) is 9.16 Å². The molecule has 0 bridgehead atoms. The normalized spacial score (nSPS) is 12.9. The molecule has 0 N–H and O–H groups in total. The number of hydrogen-bond donors (Lipinski definition) is 0. The Morgan fingerprint density at radius 3 is 1.86 bits per heavy atom. The van der Waals surface area contributed by atoms with Gasteiger partial charge in [-0.15, -0.1) is 11.8 Å². The Bertz CT molecular complexity index is 681. The zero-order chi connectivity index (χ0) is 25.8. The summed E-state index contributed by atoms with van der Waals surface area (Å²) in [7, 11) is -1.79. The number of benzene rings is 1. The lowest BCUT2D eigenvalue weighted by Gasteiger charge is -2.37. The molecular weight excluding hydrogens is 444 g/mol. The van der Waals surface area contributed by atoms with Crippen LogP contribution in [0.1, 0.15) is 123 Å². The van der Waals surface area contributed by atoms with Crippen LogP contribution in [0, 0.1) is 11.8 Å². The summed E-state index contributed by atoms with van der Waals surface area (Å²) in [6.45, 7) is 15.0. The molecule has 0 aromatic heterocycles. The standard InChI is InChI=1S/C32H56O2Si/c1-7-8-9-10-11-12-13-14-15-16-17-18-19-20-24-27-31(29-34-35(5,6)32(2,3)4)33-28-30-25-22-21-23-26-30/h21-23,25-26,31H,7-19,27-29H2,1-6H3/t31-/m1/s1. The van der Waals surface area contributed by atoms with Gasteiger partial charge in [0.2, 0.25) is 0 Å². The van der Waals surface area contributed by atoms with Gasteiger partial charge in [-0.2, -0.15) is 0 Å². The van der Waals surface area contributed by atoms with Crippen LogP contribution in [0.4, 0.5) is 0 Å². The van der Waals surface area contributed by atoms with Crippen LogP contribution < -0.4 is 0 Å². The maximum Gasteiger partial charge on any atom is 0.192 e. The first-order valence-corrected chi connectivity index (χ1v) is 17.4. The summed E-state index contributed by atoms with van der Waals surface area (Å²) in [6, 6.07) is 10.4. The van der Waals surface area contributed by atoms with Crippen LogP contribution in [0.3, 0.4) is 0 Å². The molecule has 0 saturated carbocycles. The number of unbranched alkanes of at least 4 members (excludes halogenated alkanes) is 12. The van der Waals surface area contributed by atoms with Gasteiger partial charge in [0, 0.05) is 12.8 Å². The van der Waals surface area contributed by atoms with Gasteiger partial charge in [-0.05, 0) is 30.1 Å². The first-order chi connectivity index (χ1) is 16.8. The van der Waals surface area contributed by atoms with E-state index in [1.165, 1.54) is 82.6 Å². The van der Waals surface area contributed by atoms with Crippen molar-refractivity contribution in [2.45, 2.75) is 148 Å². The molecule has 0 aliphatic heterocycles. The molecule has 0 spiro atoms. The van der Waals surface area contributed by atoms with E-state index in [0.717, 1.165) is 12.8 Å². The molecule has 0 amide bonds. The van der Waals surface area contributed by atoms with Gasteiger partial charge in [0.15, 0.2) is 8.32 Å². The molecule has 2 nitrogen and oxygen atoms in total. The zero-order valence-corrected chi connectivity index (χ0v) is 25.1. The minimum absolute atomic E-state index is 0.0267. The van der Waals surface area contributed by atoms with Crippen LogP contribution in [0.15, 0.2) is 30.3 Å². The molecule has 1 rings (SSSR count). The maximum absolute atomic E-state index is 6.47. The molecule has 1 aromatic rings. The van der Waals surface area contributed by atoms with E-state index in [1.807, 2.05) is 6.07 Å². The summed E-state index contributed by atoms with van der Waals surface area (Å²) < 4.78 is 12.7. The molecule has 0 heterocycles. The number of ether oxygens (including phenoxy) is 1. The van der Waals surface area contributed by atoms with E-state index in [9.17, 15) is 0 Å². The molecule has 0 saturated heterocycles. The molecule has 0 radical (unpaired) electrons. The fourth-order valence-electron chi connectivity index (χ4n) is 3.80. The highest BCUT2D eigenvalue weighted by molar-refractivity contribution is 6.74. The van der Waals surface area contributed by atoms with Crippen molar-refractivity contribution in [3.63, 3.8) is 0 Å². The van der Waals surface area contributed by atoms with Gasteiger partial charge < -0.3 is 9.16 Å². The third-order valence-corrected chi connectivity index (χ3v) is 11.9. The van der Waals surface area contributed by atoms with Gasteiger partial charge in [-0.1, -0.05) is 129 Å². The Kier molecular flexibility index (Phi) is 17.4. The second kappa shape index (κ2) is 19.1. The fourth-order valence-corrected chi connectivity index (χ4v) is 4.84. The predicted molar refractivity (Wildman–Crippen MR) is 156 cm³/mol. The summed E-state index contributed by atoms with van der Waals surface area (Å²) in [6.07, 6.45) is 18.4. The third kappa shape index (κ3) is 16.3. The van der Waals surface area contributed by atoms with Crippen LogP contribution in [0.2, 0.25) is 18.1 Å².